The summed E-state index contributed by atoms with van der Waals surface area (Å²) in [6.45, 7) is 6.20. The molecule has 1 aliphatic carbocycles. The van der Waals surface area contributed by atoms with Crippen LogP contribution in [0.25, 0.3) is 27.8 Å². The van der Waals surface area contributed by atoms with Gasteiger partial charge in [-0.2, -0.15) is 5.10 Å². The second-order valence-corrected chi connectivity index (χ2v) is 12.9. The molecule has 0 radical (unpaired) electrons. The number of phenolic OH excluding ortho intramolecular Hbond substituents is 1. The van der Waals surface area contributed by atoms with Gasteiger partial charge in [-0.15, -0.1) is 0 Å². The van der Waals surface area contributed by atoms with Gasteiger partial charge in [-0.1, -0.05) is 18.2 Å². The van der Waals surface area contributed by atoms with Crippen LogP contribution in [0.15, 0.2) is 70.4 Å². The van der Waals surface area contributed by atoms with Crippen molar-refractivity contribution in [2.24, 2.45) is 7.05 Å². The number of nitrogens with zero attached hydrogens (tertiary/aromatic N) is 6. The van der Waals surface area contributed by atoms with Gasteiger partial charge in [0.15, 0.2) is 5.65 Å². The maximum Gasteiger partial charge on any atom is 0.337 e. The fourth-order valence-corrected chi connectivity index (χ4v) is 7.05. The highest BCUT2D eigenvalue weighted by Gasteiger charge is 2.27. The average Bonchev–Trinajstić information content (AvgIpc) is 3.41. The SMILES string of the molecule is Cc1cc(CNC2CCC(n3c(=O)c4cc(F)cnc4n(-c4cccc(-c5ccc(O)cc5CN5CCOCC5)c4)c3=O)CC2)nn1C. The van der Waals surface area contributed by atoms with Crippen LogP contribution in [0.3, 0.4) is 0 Å². The number of morpholine rings is 1. The Hall–Kier alpha value is -4.65. The molecule has 0 unspecified atom stereocenters. The van der Waals surface area contributed by atoms with Crippen LogP contribution in [0.2, 0.25) is 0 Å². The number of fused-ring (bicyclic) bond motifs is 1. The highest BCUT2D eigenvalue weighted by Crippen LogP contribution is 2.31. The summed E-state index contributed by atoms with van der Waals surface area (Å²) in [5.74, 6) is -0.463. The van der Waals surface area contributed by atoms with E-state index < -0.39 is 17.1 Å². The second-order valence-electron chi connectivity index (χ2n) is 12.9. The number of aromatic nitrogens is 5. The van der Waals surface area contributed by atoms with Crippen LogP contribution in [-0.2, 0) is 24.9 Å². The first-order valence-electron chi connectivity index (χ1n) is 16.5. The summed E-state index contributed by atoms with van der Waals surface area (Å²) in [5, 5.41) is 18.5. The quantitative estimate of drug-likeness (QED) is 0.256. The molecular formula is C36H40FN7O4. The molecule has 11 nitrogen and oxygen atoms in total. The number of hydrogen-bond acceptors (Lipinski definition) is 8. The largest absolute Gasteiger partial charge is 0.508 e. The van der Waals surface area contributed by atoms with Gasteiger partial charge in [0, 0.05) is 51.0 Å². The minimum Gasteiger partial charge on any atom is -0.508 e. The smallest absolute Gasteiger partial charge is 0.337 e. The Morgan fingerprint density at radius 3 is 2.56 bits per heavy atom. The fourth-order valence-electron chi connectivity index (χ4n) is 7.05. The highest BCUT2D eigenvalue weighted by molar-refractivity contribution is 5.77. The molecule has 12 heteroatoms. The Kier molecular flexibility index (Phi) is 8.95. The van der Waals surface area contributed by atoms with Gasteiger partial charge in [-0.05, 0) is 85.7 Å². The number of phenols is 1. The van der Waals surface area contributed by atoms with Gasteiger partial charge in [-0.3, -0.25) is 18.9 Å². The van der Waals surface area contributed by atoms with Crippen LogP contribution >= 0.6 is 0 Å². The molecule has 3 aromatic heterocycles. The Bertz CT molecular complexity index is 2050. The number of hydrogen-bond donors (Lipinski definition) is 2. The van der Waals surface area contributed by atoms with E-state index in [4.69, 9.17) is 4.74 Å². The third-order valence-corrected chi connectivity index (χ3v) is 9.69. The van der Waals surface area contributed by atoms with Crippen molar-refractivity contribution < 1.29 is 14.2 Å². The van der Waals surface area contributed by atoms with Crippen LogP contribution in [0.5, 0.6) is 5.75 Å². The van der Waals surface area contributed by atoms with Crippen molar-refractivity contribution in [2.45, 2.75) is 57.8 Å². The first kappa shape index (κ1) is 31.9. The first-order chi connectivity index (χ1) is 23.2. The summed E-state index contributed by atoms with van der Waals surface area (Å²) in [4.78, 5) is 34.7. The average molecular weight is 654 g/mol. The van der Waals surface area contributed by atoms with E-state index in [-0.39, 0.29) is 28.9 Å². The van der Waals surface area contributed by atoms with Gasteiger partial charge < -0.3 is 15.2 Å². The summed E-state index contributed by atoms with van der Waals surface area (Å²) >= 11 is 0. The van der Waals surface area contributed by atoms with Gasteiger partial charge in [0.05, 0.1) is 36.2 Å². The van der Waals surface area contributed by atoms with Crippen molar-refractivity contribution in [3.63, 3.8) is 0 Å². The molecule has 4 heterocycles. The van der Waals surface area contributed by atoms with Gasteiger partial charge in [0.2, 0.25) is 0 Å². The van der Waals surface area contributed by atoms with Gasteiger partial charge >= 0.3 is 5.69 Å². The molecule has 2 aliphatic rings. The Morgan fingerprint density at radius 1 is 1.02 bits per heavy atom. The lowest BCUT2D eigenvalue weighted by molar-refractivity contribution is 0.0342. The van der Waals surface area contributed by atoms with Gasteiger partial charge in [-0.25, -0.2) is 18.7 Å². The zero-order chi connectivity index (χ0) is 33.4. The molecule has 2 fully saturated rings. The lowest BCUT2D eigenvalue weighted by atomic mass is 9.91. The number of aromatic hydroxyl groups is 1. The molecule has 0 atom stereocenters. The predicted molar refractivity (Wildman–Crippen MR) is 181 cm³/mol. The number of ether oxygens (including phenoxy) is 1. The zero-order valence-corrected chi connectivity index (χ0v) is 27.2. The predicted octanol–water partition coefficient (Wildman–Crippen LogP) is 4.21. The highest BCUT2D eigenvalue weighted by atomic mass is 19.1. The van der Waals surface area contributed by atoms with Crippen LogP contribution in [-0.4, -0.2) is 66.3 Å². The van der Waals surface area contributed by atoms with Crippen molar-refractivity contribution in [1.29, 1.82) is 0 Å². The van der Waals surface area contributed by atoms with E-state index in [0.717, 1.165) is 60.2 Å². The number of halogens is 1. The van der Waals surface area contributed by atoms with Gasteiger partial charge in [0.25, 0.3) is 5.56 Å². The zero-order valence-electron chi connectivity index (χ0n) is 27.2. The lowest BCUT2D eigenvalue weighted by Crippen LogP contribution is -2.44. The van der Waals surface area contributed by atoms with Crippen molar-refractivity contribution in [1.82, 2.24) is 34.1 Å². The van der Waals surface area contributed by atoms with E-state index in [1.165, 1.54) is 15.2 Å². The number of rotatable bonds is 8. The summed E-state index contributed by atoms with van der Waals surface area (Å²) in [6, 6.07) is 15.9. The summed E-state index contributed by atoms with van der Waals surface area (Å²) in [6.07, 6.45) is 3.85. The molecular weight excluding hydrogens is 613 g/mol. The molecule has 0 bridgehead atoms. The van der Waals surface area contributed by atoms with E-state index in [1.54, 1.807) is 18.2 Å². The molecule has 2 aromatic carbocycles. The molecule has 0 spiro atoms. The molecule has 2 N–H and O–H groups in total. The minimum atomic E-state index is -0.639. The molecule has 7 rings (SSSR count). The van der Waals surface area contributed by atoms with E-state index >= 15 is 0 Å². The molecule has 1 saturated carbocycles. The van der Waals surface area contributed by atoms with Gasteiger partial charge in [0.1, 0.15) is 11.6 Å². The van der Waals surface area contributed by atoms with E-state index in [9.17, 15) is 19.1 Å². The standard InChI is InChI=1S/C36H40FN7O4/c1-23-16-28(40-41(23)2)21-38-27-6-8-29(9-7-27)44-35(46)33-19-26(37)20-39-34(33)43(36(44)47)30-5-3-4-24(17-30)32-11-10-31(45)18-25(32)22-42-12-14-48-15-13-42/h3-5,10-11,16-20,27,29,38,45H,6-9,12-15,21-22H2,1-2H3. The Morgan fingerprint density at radius 2 is 1.81 bits per heavy atom. The normalized spacial score (nSPS) is 18.8. The van der Waals surface area contributed by atoms with Crippen LogP contribution in [0.1, 0.15) is 48.7 Å². The van der Waals surface area contributed by atoms with Crippen molar-refractivity contribution in [3.05, 3.63) is 104 Å². The number of benzene rings is 2. The van der Waals surface area contributed by atoms with Crippen LogP contribution in [0, 0.1) is 12.7 Å². The summed E-state index contributed by atoms with van der Waals surface area (Å²) in [7, 11) is 1.92. The number of pyridine rings is 1. The monoisotopic (exact) mass is 653 g/mol. The fraction of sp³-hybridized carbons (Fsp3) is 0.389. The Labute approximate surface area is 277 Å². The third-order valence-electron chi connectivity index (χ3n) is 9.69. The third kappa shape index (κ3) is 6.43. The number of aryl methyl sites for hydroxylation is 2. The van der Waals surface area contributed by atoms with Crippen LogP contribution < -0.4 is 16.6 Å². The molecule has 1 saturated heterocycles. The summed E-state index contributed by atoms with van der Waals surface area (Å²) < 4.78 is 24.6. The maximum absolute atomic E-state index is 14.5. The summed E-state index contributed by atoms with van der Waals surface area (Å²) in [5.41, 5.74) is 4.37. The van der Waals surface area contributed by atoms with Crippen LogP contribution in [0.4, 0.5) is 4.39 Å². The van der Waals surface area contributed by atoms with E-state index in [2.05, 4.69) is 26.4 Å². The van der Waals surface area contributed by atoms with Crippen molar-refractivity contribution in [2.75, 3.05) is 26.3 Å². The second kappa shape index (κ2) is 13.5. The molecule has 250 valence electrons. The van der Waals surface area contributed by atoms with Crippen molar-refractivity contribution >= 4 is 11.0 Å². The van der Waals surface area contributed by atoms with Crippen molar-refractivity contribution in [3.8, 4) is 22.6 Å². The minimum absolute atomic E-state index is 0.0587. The Balaban J connectivity index is 1.22. The maximum atomic E-state index is 14.5. The molecule has 5 aromatic rings. The first-order valence-corrected chi connectivity index (χ1v) is 16.5. The number of nitrogens with one attached hydrogen (secondary N) is 1. The molecule has 48 heavy (non-hydrogen) atoms. The topological polar surface area (TPSA) is 119 Å². The van der Waals surface area contributed by atoms with E-state index in [0.29, 0.717) is 44.8 Å². The molecule has 0 amide bonds. The lowest BCUT2D eigenvalue weighted by Gasteiger charge is -2.30. The van der Waals surface area contributed by atoms with E-state index in [1.807, 2.05) is 42.9 Å². The molecule has 1 aliphatic heterocycles.